The quantitative estimate of drug-likeness (QED) is 0.782. The second kappa shape index (κ2) is 5.94. The third-order valence-electron chi connectivity index (χ3n) is 3.71. The van der Waals surface area contributed by atoms with Crippen molar-refractivity contribution in [3.63, 3.8) is 0 Å². The van der Waals surface area contributed by atoms with Crippen molar-refractivity contribution in [1.82, 2.24) is 4.57 Å². The maximum absolute atomic E-state index is 12.5. The van der Waals surface area contributed by atoms with Gasteiger partial charge in [-0.2, -0.15) is 0 Å². The molecule has 1 aromatic heterocycles. The Balaban J connectivity index is 2.05. The van der Waals surface area contributed by atoms with Crippen LogP contribution >= 0.6 is 11.6 Å². The van der Waals surface area contributed by atoms with Gasteiger partial charge in [-0.1, -0.05) is 6.07 Å². The van der Waals surface area contributed by atoms with Gasteiger partial charge < -0.3 is 9.30 Å². The van der Waals surface area contributed by atoms with Crippen LogP contribution in [0.1, 0.15) is 31.4 Å². The van der Waals surface area contributed by atoms with Gasteiger partial charge in [0.05, 0.1) is 18.2 Å². The first kappa shape index (κ1) is 14.2. The summed E-state index contributed by atoms with van der Waals surface area (Å²) in [4.78, 5) is 12.5. The SMILES string of the molecule is CCOc1ccc(-c2ccc(CCl)c(=O)n2C2CC2)cc1. The molecule has 3 rings (SSSR count). The molecule has 3 nitrogen and oxygen atoms in total. The van der Waals surface area contributed by atoms with Gasteiger partial charge in [-0.3, -0.25) is 4.79 Å². The Morgan fingerprint density at radius 2 is 1.90 bits per heavy atom. The Bertz CT molecular complexity index is 687. The van der Waals surface area contributed by atoms with Crippen molar-refractivity contribution in [2.45, 2.75) is 31.7 Å². The summed E-state index contributed by atoms with van der Waals surface area (Å²) in [5.74, 6) is 1.11. The number of ether oxygens (including phenoxy) is 1. The highest BCUT2D eigenvalue weighted by atomic mass is 35.5. The number of hydrogen-bond acceptors (Lipinski definition) is 2. The van der Waals surface area contributed by atoms with E-state index in [2.05, 4.69) is 0 Å². The average Bonchev–Trinajstić information content (AvgIpc) is 3.33. The molecule has 1 heterocycles. The van der Waals surface area contributed by atoms with Crippen molar-refractivity contribution in [1.29, 1.82) is 0 Å². The van der Waals surface area contributed by atoms with E-state index in [9.17, 15) is 4.79 Å². The molecule has 1 saturated carbocycles. The summed E-state index contributed by atoms with van der Waals surface area (Å²) in [6.07, 6.45) is 2.13. The number of benzene rings is 1. The molecule has 1 aliphatic carbocycles. The first-order chi connectivity index (χ1) is 10.2. The van der Waals surface area contributed by atoms with E-state index in [-0.39, 0.29) is 11.4 Å². The Morgan fingerprint density at radius 3 is 2.48 bits per heavy atom. The maximum atomic E-state index is 12.5. The van der Waals surface area contributed by atoms with Crippen molar-refractivity contribution in [3.8, 4) is 17.0 Å². The fourth-order valence-electron chi connectivity index (χ4n) is 2.52. The average molecular weight is 304 g/mol. The number of nitrogens with zero attached hydrogens (tertiary/aromatic N) is 1. The standard InChI is InChI=1S/C17H18ClNO2/c1-2-21-15-8-3-12(4-9-15)16-10-5-13(11-18)17(20)19(16)14-6-7-14/h3-5,8-10,14H,2,6-7,11H2,1H3. The first-order valence-corrected chi connectivity index (χ1v) is 7.81. The summed E-state index contributed by atoms with van der Waals surface area (Å²) in [5, 5.41) is 0. The topological polar surface area (TPSA) is 31.2 Å². The molecule has 0 aliphatic heterocycles. The largest absolute Gasteiger partial charge is 0.494 e. The zero-order chi connectivity index (χ0) is 14.8. The highest BCUT2D eigenvalue weighted by Crippen LogP contribution is 2.37. The second-order valence-electron chi connectivity index (χ2n) is 5.24. The van der Waals surface area contributed by atoms with E-state index in [0.717, 1.165) is 29.8 Å². The molecule has 0 radical (unpaired) electrons. The van der Waals surface area contributed by atoms with Gasteiger partial charge in [-0.15, -0.1) is 11.6 Å². The minimum atomic E-state index is 0.0406. The minimum Gasteiger partial charge on any atom is -0.494 e. The van der Waals surface area contributed by atoms with Crippen molar-refractivity contribution in [3.05, 3.63) is 52.3 Å². The van der Waals surface area contributed by atoms with Crippen LogP contribution in [0, 0.1) is 0 Å². The van der Waals surface area contributed by atoms with E-state index in [1.54, 1.807) is 0 Å². The smallest absolute Gasteiger partial charge is 0.255 e. The van der Waals surface area contributed by atoms with E-state index >= 15 is 0 Å². The molecule has 0 spiro atoms. The molecule has 0 bridgehead atoms. The summed E-state index contributed by atoms with van der Waals surface area (Å²) in [7, 11) is 0. The molecule has 0 N–H and O–H groups in total. The predicted molar refractivity (Wildman–Crippen MR) is 85.1 cm³/mol. The van der Waals surface area contributed by atoms with Crippen LogP contribution in [-0.4, -0.2) is 11.2 Å². The van der Waals surface area contributed by atoms with Crippen LogP contribution in [0.4, 0.5) is 0 Å². The number of pyridine rings is 1. The molecule has 2 aromatic rings. The third-order valence-corrected chi connectivity index (χ3v) is 4.00. The Kier molecular flexibility index (Phi) is 4.02. The van der Waals surface area contributed by atoms with Gasteiger partial charge in [0.15, 0.2) is 0 Å². The van der Waals surface area contributed by atoms with E-state index in [1.807, 2.05) is 47.9 Å². The molecule has 0 saturated heterocycles. The molecule has 0 amide bonds. The van der Waals surface area contributed by atoms with Gasteiger partial charge >= 0.3 is 0 Å². The summed E-state index contributed by atoms with van der Waals surface area (Å²) in [6.45, 7) is 2.61. The number of halogens is 1. The van der Waals surface area contributed by atoms with Gasteiger partial charge in [0.1, 0.15) is 5.75 Å². The zero-order valence-corrected chi connectivity index (χ0v) is 12.8. The Morgan fingerprint density at radius 1 is 1.19 bits per heavy atom. The summed E-state index contributed by atoms with van der Waals surface area (Å²) in [6, 6.07) is 12.0. The lowest BCUT2D eigenvalue weighted by atomic mass is 10.1. The lowest BCUT2D eigenvalue weighted by molar-refractivity contribution is 0.340. The lowest BCUT2D eigenvalue weighted by Crippen LogP contribution is -2.23. The number of alkyl halides is 1. The van der Waals surface area contributed by atoms with Crippen LogP contribution in [-0.2, 0) is 5.88 Å². The third kappa shape index (κ3) is 2.84. The van der Waals surface area contributed by atoms with Crippen molar-refractivity contribution < 1.29 is 4.74 Å². The van der Waals surface area contributed by atoms with Crippen LogP contribution in [0.2, 0.25) is 0 Å². The molecular formula is C17H18ClNO2. The van der Waals surface area contributed by atoms with Gasteiger partial charge in [-0.25, -0.2) is 0 Å². The minimum absolute atomic E-state index is 0.0406. The van der Waals surface area contributed by atoms with Crippen LogP contribution < -0.4 is 10.3 Å². The summed E-state index contributed by atoms with van der Waals surface area (Å²) < 4.78 is 7.36. The van der Waals surface area contributed by atoms with Gasteiger partial charge in [-0.05, 0) is 55.7 Å². The van der Waals surface area contributed by atoms with Gasteiger partial charge in [0, 0.05) is 11.6 Å². The highest BCUT2D eigenvalue weighted by Gasteiger charge is 2.27. The van der Waals surface area contributed by atoms with E-state index < -0.39 is 0 Å². The van der Waals surface area contributed by atoms with Crippen LogP contribution in [0.15, 0.2) is 41.2 Å². The molecule has 21 heavy (non-hydrogen) atoms. The summed E-state index contributed by atoms with van der Waals surface area (Å²) in [5.41, 5.74) is 2.69. The highest BCUT2D eigenvalue weighted by molar-refractivity contribution is 6.17. The number of rotatable bonds is 5. The second-order valence-corrected chi connectivity index (χ2v) is 5.51. The number of hydrogen-bond donors (Lipinski definition) is 0. The van der Waals surface area contributed by atoms with E-state index in [1.165, 1.54) is 0 Å². The lowest BCUT2D eigenvalue weighted by Gasteiger charge is -2.14. The van der Waals surface area contributed by atoms with Crippen LogP contribution in [0.3, 0.4) is 0 Å². The predicted octanol–water partition coefficient (Wildman–Crippen LogP) is 3.99. The van der Waals surface area contributed by atoms with E-state index in [4.69, 9.17) is 16.3 Å². The first-order valence-electron chi connectivity index (χ1n) is 7.28. The Labute approximate surface area is 129 Å². The molecule has 1 aromatic carbocycles. The molecular weight excluding hydrogens is 286 g/mol. The fourth-order valence-corrected chi connectivity index (χ4v) is 2.72. The molecule has 1 aliphatic rings. The monoisotopic (exact) mass is 303 g/mol. The zero-order valence-electron chi connectivity index (χ0n) is 12.0. The van der Waals surface area contributed by atoms with Crippen molar-refractivity contribution in [2.75, 3.05) is 6.61 Å². The number of aromatic nitrogens is 1. The summed E-state index contributed by atoms with van der Waals surface area (Å²) >= 11 is 5.85. The van der Waals surface area contributed by atoms with Crippen molar-refractivity contribution >= 4 is 11.6 Å². The molecule has 0 unspecified atom stereocenters. The molecule has 110 valence electrons. The molecule has 0 atom stereocenters. The van der Waals surface area contributed by atoms with Crippen LogP contribution in [0.25, 0.3) is 11.3 Å². The van der Waals surface area contributed by atoms with Gasteiger partial charge in [0.2, 0.25) is 0 Å². The fraction of sp³-hybridized carbons (Fsp3) is 0.353. The van der Waals surface area contributed by atoms with Gasteiger partial charge in [0.25, 0.3) is 5.56 Å². The molecule has 4 heteroatoms. The Hall–Kier alpha value is -1.74. The maximum Gasteiger partial charge on any atom is 0.255 e. The normalized spacial score (nSPS) is 14.2. The van der Waals surface area contributed by atoms with Crippen LogP contribution in [0.5, 0.6) is 5.75 Å². The molecule has 1 fully saturated rings. The van der Waals surface area contributed by atoms with Crippen molar-refractivity contribution in [2.24, 2.45) is 0 Å². The van der Waals surface area contributed by atoms with E-state index in [0.29, 0.717) is 18.2 Å².